The smallest absolute Gasteiger partial charge is 0.289 e. The third-order valence-corrected chi connectivity index (χ3v) is 6.86. The molecule has 2 aliphatic heterocycles. The minimum atomic E-state index is -0.236. The summed E-state index contributed by atoms with van der Waals surface area (Å²) in [5, 5.41) is 0. The molecule has 4 rings (SSSR count). The predicted octanol–water partition coefficient (Wildman–Crippen LogP) is 3.11. The molecule has 1 aromatic carbocycles. The number of furan rings is 1. The van der Waals surface area contributed by atoms with E-state index in [9.17, 15) is 9.59 Å². The quantitative estimate of drug-likeness (QED) is 0.811. The number of likely N-dealkylation sites (tertiary alicyclic amines) is 1. The third kappa shape index (κ3) is 3.32. The van der Waals surface area contributed by atoms with E-state index in [0.29, 0.717) is 30.2 Å². The number of methoxy groups -OCH3 is 1. The van der Waals surface area contributed by atoms with Gasteiger partial charge in [-0.1, -0.05) is 6.07 Å². The Bertz CT molecular complexity index is 828. The molecule has 3 heterocycles. The fraction of sp³-hybridized carbons (Fsp3) is 0.400. The number of hydrogen-bond acceptors (Lipinski definition) is 5. The van der Waals surface area contributed by atoms with E-state index in [4.69, 9.17) is 9.15 Å². The van der Waals surface area contributed by atoms with Crippen LogP contribution in [0, 0.1) is 0 Å². The number of benzene rings is 1. The molecular weight excluding hydrogens is 364 g/mol. The van der Waals surface area contributed by atoms with Gasteiger partial charge >= 0.3 is 0 Å². The van der Waals surface area contributed by atoms with Gasteiger partial charge in [-0.2, -0.15) is 0 Å². The second kappa shape index (κ2) is 7.31. The average Bonchev–Trinajstić information content (AvgIpc) is 3.38. The Labute approximate surface area is 162 Å². The van der Waals surface area contributed by atoms with Gasteiger partial charge in [-0.25, -0.2) is 0 Å². The lowest BCUT2D eigenvalue weighted by Gasteiger charge is -2.44. The van der Waals surface area contributed by atoms with Crippen LogP contribution in [0.5, 0.6) is 5.75 Å². The third-order valence-electron chi connectivity index (χ3n) is 5.30. The highest BCUT2D eigenvalue weighted by Crippen LogP contribution is 2.44. The van der Waals surface area contributed by atoms with Gasteiger partial charge in [0.1, 0.15) is 5.75 Å². The highest BCUT2D eigenvalue weighted by Gasteiger charge is 2.47. The van der Waals surface area contributed by atoms with Crippen LogP contribution in [0.15, 0.2) is 47.1 Å². The summed E-state index contributed by atoms with van der Waals surface area (Å²) < 4.78 is 10.5. The SMILES string of the molecule is COc1cccc(C(=O)N2CCSC23CCN(C(=O)c2ccco2)CC3)c1. The Balaban J connectivity index is 1.48. The molecule has 0 unspecified atom stereocenters. The van der Waals surface area contributed by atoms with E-state index in [-0.39, 0.29) is 16.7 Å². The lowest BCUT2D eigenvalue weighted by atomic mass is 10.0. The normalized spacial score (nSPS) is 18.7. The second-order valence-corrected chi connectivity index (χ2v) is 8.21. The summed E-state index contributed by atoms with van der Waals surface area (Å²) in [6.45, 7) is 1.97. The van der Waals surface area contributed by atoms with E-state index in [1.807, 2.05) is 39.8 Å². The van der Waals surface area contributed by atoms with Crippen LogP contribution in [0.1, 0.15) is 33.8 Å². The lowest BCUT2D eigenvalue weighted by Crippen LogP contribution is -2.53. The molecule has 2 fully saturated rings. The Morgan fingerprint density at radius 2 is 1.93 bits per heavy atom. The first-order valence-corrected chi connectivity index (χ1v) is 10.0. The molecule has 2 saturated heterocycles. The first kappa shape index (κ1) is 18.0. The monoisotopic (exact) mass is 386 g/mol. The van der Waals surface area contributed by atoms with Crippen LogP contribution in [0.3, 0.4) is 0 Å². The highest BCUT2D eigenvalue weighted by atomic mass is 32.2. The maximum atomic E-state index is 13.2. The van der Waals surface area contributed by atoms with Gasteiger partial charge in [0.15, 0.2) is 5.76 Å². The molecule has 2 aromatic rings. The molecule has 0 N–H and O–H groups in total. The van der Waals surface area contributed by atoms with Gasteiger partial charge in [0.2, 0.25) is 0 Å². The Morgan fingerprint density at radius 1 is 1.11 bits per heavy atom. The van der Waals surface area contributed by atoms with Crippen molar-refractivity contribution >= 4 is 23.6 Å². The Hall–Kier alpha value is -2.41. The van der Waals surface area contributed by atoms with Crippen LogP contribution in [-0.4, -0.2) is 59.0 Å². The van der Waals surface area contributed by atoms with Gasteiger partial charge in [-0.3, -0.25) is 9.59 Å². The van der Waals surface area contributed by atoms with Crippen LogP contribution >= 0.6 is 11.8 Å². The number of ether oxygens (including phenoxy) is 1. The molecule has 0 atom stereocenters. The summed E-state index contributed by atoms with van der Waals surface area (Å²) in [4.78, 5) is 29.2. The number of carbonyl (C=O) groups excluding carboxylic acids is 2. The topological polar surface area (TPSA) is 63.0 Å². The zero-order valence-electron chi connectivity index (χ0n) is 15.2. The van der Waals surface area contributed by atoms with Crippen molar-refractivity contribution in [2.75, 3.05) is 32.5 Å². The van der Waals surface area contributed by atoms with Gasteiger partial charge in [-0.15, -0.1) is 11.8 Å². The van der Waals surface area contributed by atoms with E-state index in [1.165, 1.54) is 6.26 Å². The Morgan fingerprint density at radius 3 is 2.63 bits per heavy atom. The van der Waals surface area contributed by atoms with Crippen molar-refractivity contribution < 1.29 is 18.7 Å². The number of carbonyl (C=O) groups is 2. The zero-order valence-corrected chi connectivity index (χ0v) is 16.0. The fourth-order valence-corrected chi connectivity index (χ4v) is 5.29. The summed E-state index contributed by atoms with van der Waals surface area (Å²) >= 11 is 1.83. The molecule has 2 aliphatic rings. The summed E-state index contributed by atoms with van der Waals surface area (Å²) in [5.41, 5.74) is 0.644. The Kier molecular flexibility index (Phi) is 4.86. The van der Waals surface area contributed by atoms with Crippen molar-refractivity contribution in [1.82, 2.24) is 9.80 Å². The molecule has 0 radical (unpaired) electrons. The van der Waals surface area contributed by atoms with E-state index >= 15 is 0 Å². The van der Waals surface area contributed by atoms with Crippen LogP contribution in [0.4, 0.5) is 0 Å². The van der Waals surface area contributed by atoms with Crippen molar-refractivity contribution in [2.45, 2.75) is 17.7 Å². The van der Waals surface area contributed by atoms with Crippen molar-refractivity contribution in [3.8, 4) is 5.75 Å². The average molecular weight is 386 g/mol. The van der Waals surface area contributed by atoms with Crippen LogP contribution in [0.2, 0.25) is 0 Å². The second-order valence-electron chi connectivity index (χ2n) is 6.75. The summed E-state index contributed by atoms with van der Waals surface area (Å²) in [5.74, 6) is 1.92. The minimum absolute atomic E-state index is 0.0321. The fourth-order valence-electron chi connectivity index (χ4n) is 3.84. The van der Waals surface area contributed by atoms with Gasteiger partial charge in [0.05, 0.1) is 18.2 Å². The predicted molar refractivity (Wildman–Crippen MR) is 103 cm³/mol. The van der Waals surface area contributed by atoms with Crippen LogP contribution < -0.4 is 4.74 Å². The lowest BCUT2D eigenvalue weighted by molar-refractivity contribution is 0.0483. The molecule has 0 aliphatic carbocycles. The number of thioether (sulfide) groups is 1. The summed E-state index contributed by atoms with van der Waals surface area (Å²) in [6, 6.07) is 10.7. The number of amides is 2. The molecule has 27 heavy (non-hydrogen) atoms. The van der Waals surface area contributed by atoms with E-state index in [2.05, 4.69) is 0 Å². The largest absolute Gasteiger partial charge is 0.497 e. The first-order chi connectivity index (χ1) is 13.1. The summed E-state index contributed by atoms with van der Waals surface area (Å²) in [7, 11) is 1.60. The highest BCUT2D eigenvalue weighted by molar-refractivity contribution is 8.00. The number of rotatable bonds is 3. The van der Waals surface area contributed by atoms with Gasteiger partial charge < -0.3 is 19.0 Å². The van der Waals surface area contributed by atoms with Crippen LogP contribution in [0.25, 0.3) is 0 Å². The number of piperidine rings is 1. The number of hydrogen-bond donors (Lipinski definition) is 0. The van der Waals surface area contributed by atoms with Crippen molar-refractivity contribution in [1.29, 1.82) is 0 Å². The molecular formula is C20H22N2O4S. The molecule has 2 amide bonds. The first-order valence-electron chi connectivity index (χ1n) is 9.06. The van der Waals surface area contributed by atoms with Gasteiger partial charge in [0.25, 0.3) is 11.8 Å². The maximum absolute atomic E-state index is 13.2. The zero-order chi connectivity index (χ0) is 18.9. The number of nitrogens with zero attached hydrogens (tertiary/aromatic N) is 2. The van der Waals surface area contributed by atoms with Gasteiger partial charge in [0, 0.05) is 31.0 Å². The van der Waals surface area contributed by atoms with E-state index in [0.717, 1.165) is 25.1 Å². The molecule has 7 heteroatoms. The molecule has 142 valence electrons. The maximum Gasteiger partial charge on any atom is 0.289 e. The minimum Gasteiger partial charge on any atom is -0.497 e. The van der Waals surface area contributed by atoms with Crippen LogP contribution in [-0.2, 0) is 0 Å². The van der Waals surface area contributed by atoms with Crippen molar-refractivity contribution in [2.24, 2.45) is 0 Å². The molecule has 1 spiro atoms. The van der Waals surface area contributed by atoms with Crippen molar-refractivity contribution in [3.63, 3.8) is 0 Å². The molecule has 1 aromatic heterocycles. The molecule has 6 nitrogen and oxygen atoms in total. The van der Waals surface area contributed by atoms with Crippen molar-refractivity contribution in [3.05, 3.63) is 54.0 Å². The standard InChI is InChI=1S/C20H22N2O4S/c1-25-16-5-2-4-15(14-16)18(23)22-11-13-27-20(22)7-9-21(10-8-20)19(24)17-6-3-12-26-17/h2-6,12,14H,7-11,13H2,1H3. The van der Waals surface area contributed by atoms with E-state index in [1.54, 1.807) is 25.3 Å². The van der Waals surface area contributed by atoms with E-state index < -0.39 is 0 Å². The van der Waals surface area contributed by atoms with Gasteiger partial charge in [-0.05, 0) is 43.2 Å². The summed E-state index contributed by atoms with van der Waals surface area (Å²) in [6.07, 6.45) is 3.04. The molecule has 0 saturated carbocycles. The molecule has 0 bridgehead atoms.